The standard InChI is InChI=1S/C14H14BrClN2O/c1-7(2)12-8(3)17-13(18-14(12)19)9-4-5-10(15)11(16)6-9/h4-7H,1-3H3,(H,17,18,19). The summed E-state index contributed by atoms with van der Waals surface area (Å²) < 4.78 is 0.816. The molecule has 5 heteroatoms. The molecule has 2 rings (SSSR count). The van der Waals surface area contributed by atoms with E-state index in [4.69, 9.17) is 11.6 Å². The summed E-state index contributed by atoms with van der Waals surface area (Å²) in [5.41, 5.74) is 2.19. The second-order valence-electron chi connectivity index (χ2n) is 4.70. The zero-order valence-corrected chi connectivity index (χ0v) is 13.3. The summed E-state index contributed by atoms with van der Waals surface area (Å²) in [7, 11) is 0. The predicted octanol–water partition coefficient (Wildman–Crippen LogP) is 4.28. The van der Waals surface area contributed by atoms with E-state index in [0.29, 0.717) is 10.8 Å². The summed E-state index contributed by atoms with van der Waals surface area (Å²) in [6.07, 6.45) is 0. The smallest absolute Gasteiger partial charge is 0.254 e. The lowest BCUT2D eigenvalue weighted by atomic mass is 10.0. The van der Waals surface area contributed by atoms with Crippen molar-refractivity contribution in [3.05, 3.63) is 49.3 Å². The van der Waals surface area contributed by atoms with E-state index >= 15 is 0 Å². The fourth-order valence-corrected chi connectivity index (χ4v) is 2.48. The second kappa shape index (κ2) is 5.47. The van der Waals surface area contributed by atoms with Crippen LogP contribution in [0.3, 0.4) is 0 Å². The van der Waals surface area contributed by atoms with Crippen molar-refractivity contribution < 1.29 is 0 Å². The summed E-state index contributed by atoms with van der Waals surface area (Å²) in [5, 5.41) is 0.589. The minimum atomic E-state index is -0.0865. The molecule has 0 aliphatic carbocycles. The van der Waals surface area contributed by atoms with Crippen LogP contribution in [0.4, 0.5) is 0 Å². The summed E-state index contributed by atoms with van der Waals surface area (Å²) in [6, 6.07) is 5.48. The number of aromatic amines is 1. The summed E-state index contributed by atoms with van der Waals surface area (Å²) in [6.45, 7) is 5.82. The monoisotopic (exact) mass is 340 g/mol. The van der Waals surface area contributed by atoms with E-state index in [-0.39, 0.29) is 11.5 Å². The van der Waals surface area contributed by atoms with Crippen LogP contribution in [-0.2, 0) is 0 Å². The first-order valence-corrected chi connectivity index (χ1v) is 7.13. The highest BCUT2D eigenvalue weighted by atomic mass is 79.9. The van der Waals surface area contributed by atoms with Crippen molar-refractivity contribution in [1.82, 2.24) is 9.97 Å². The van der Waals surface area contributed by atoms with Gasteiger partial charge >= 0.3 is 0 Å². The third kappa shape index (κ3) is 2.90. The molecule has 0 spiro atoms. The number of nitrogens with zero attached hydrogens (tertiary/aromatic N) is 1. The Hall–Kier alpha value is -1.13. The molecule has 1 aromatic carbocycles. The molecule has 0 saturated heterocycles. The van der Waals surface area contributed by atoms with Crippen LogP contribution in [0.15, 0.2) is 27.5 Å². The lowest BCUT2D eigenvalue weighted by Gasteiger charge is -2.10. The summed E-state index contributed by atoms with van der Waals surface area (Å²) in [4.78, 5) is 19.4. The molecule has 19 heavy (non-hydrogen) atoms. The van der Waals surface area contributed by atoms with Gasteiger partial charge in [0.1, 0.15) is 5.82 Å². The minimum absolute atomic E-state index is 0.0865. The Kier molecular flexibility index (Phi) is 4.11. The Morgan fingerprint density at radius 2 is 2.05 bits per heavy atom. The molecule has 0 amide bonds. The second-order valence-corrected chi connectivity index (χ2v) is 5.96. The molecule has 0 aliphatic rings. The number of aromatic nitrogens is 2. The molecule has 0 bridgehead atoms. The highest BCUT2D eigenvalue weighted by Crippen LogP contribution is 2.27. The maximum atomic E-state index is 12.1. The van der Waals surface area contributed by atoms with Crippen LogP contribution in [0.5, 0.6) is 0 Å². The third-order valence-electron chi connectivity index (χ3n) is 2.92. The van der Waals surface area contributed by atoms with Gasteiger partial charge in [0, 0.05) is 21.3 Å². The number of benzene rings is 1. The molecular formula is C14H14BrClN2O. The maximum absolute atomic E-state index is 12.1. The van der Waals surface area contributed by atoms with Gasteiger partial charge in [-0.15, -0.1) is 0 Å². The molecule has 0 unspecified atom stereocenters. The maximum Gasteiger partial charge on any atom is 0.254 e. The topological polar surface area (TPSA) is 45.8 Å². The van der Waals surface area contributed by atoms with E-state index in [2.05, 4.69) is 25.9 Å². The molecule has 1 N–H and O–H groups in total. The van der Waals surface area contributed by atoms with Crippen LogP contribution in [0.25, 0.3) is 11.4 Å². The van der Waals surface area contributed by atoms with Crippen molar-refractivity contribution in [3.8, 4) is 11.4 Å². The first-order valence-electron chi connectivity index (χ1n) is 5.96. The first-order chi connectivity index (χ1) is 8.90. The van der Waals surface area contributed by atoms with E-state index in [9.17, 15) is 4.79 Å². The van der Waals surface area contributed by atoms with E-state index in [1.807, 2.05) is 32.9 Å². The van der Waals surface area contributed by atoms with Gasteiger partial charge in [0.05, 0.1) is 5.02 Å². The van der Waals surface area contributed by atoms with Crippen molar-refractivity contribution in [1.29, 1.82) is 0 Å². The Morgan fingerprint density at radius 3 is 2.58 bits per heavy atom. The van der Waals surface area contributed by atoms with E-state index in [1.165, 1.54) is 0 Å². The third-order valence-corrected chi connectivity index (χ3v) is 4.15. The van der Waals surface area contributed by atoms with Gasteiger partial charge in [-0.05, 0) is 40.9 Å². The molecule has 1 aromatic heterocycles. The lowest BCUT2D eigenvalue weighted by molar-refractivity contribution is 0.815. The SMILES string of the molecule is Cc1nc(-c2ccc(Br)c(Cl)c2)[nH]c(=O)c1C(C)C. The largest absolute Gasteiger partial charge is 0.306 e. The molecule has 0 saturated carbocycles. The van der Waals surface area contributed by atoms with Crippen LogP contribution in [0.1, 0.15) is 31.0 Å². The number of aryl methyl sites for hydroxylation is 1. The molecule has 100 valence electrons. The van der Waals surface area contributed by atoms with Crippen molar-refractivity contribution >= 4 is 27.5 Å². The zero-order chi connectivity index (χ0) is 14.2. The van der Waals surface area contributed by atoms with Gasteiger partial charge in [-0.3, -0.25) is 4.79 Å². The van der Waals surface area contributed by atoms with Crippen molar-refractivity contribution in [2.45, 2.75) is 26.7 Å². The average molecular weight is 342 g/mol. The Morgan fingerprint density at radius 1 is 1.37 bits per heavy atom. The van der Waals surface area contributed by atoms with Gasteiger partial charge in [0.2, 0.25) is 0 Å². The van der Waals surface area contributed by atoms with Crippen LogP contribution >= 0.6 is 27.5 Å². The van der Waals surface area contributed by atoms with Gasteiger partial charge in [-0.2, -0.15) is 0 Å². The Bertz CT molecular complexity index is 680. The lowest BCUT2D eigenvalue weighted by Crippen LogP contribution is -2.18. The van der Waals surface area contributed by atoms with E-state index < -0.39 is 0 Å². The quantitative estimate of drug-likeness (QED) is 0.886. The number of hydrogen-bond donors (Lipinski definition) is 1. The number of hydrogen-bond acceptors (Lipinski definition) is 2. The molecule has 0 fully saturated rings. The molecule has 1 heterocycles. The van der Waals surface area contributed by atoms with Gasteiger partial charge in [0.15, 0.2) is 0 Å². The van der Waals surface area contributed by atoms with Crippen LogP contribution in [0.2, 0.25) is 5.02 Å². The van der Waals surface area contributed by atoms with Crippen molar-refractivity contribution in [2.24, 2.45) is 0 Å². The fourth-order valence-electron chi connectivity index (χ4n) is 2.06. The number of halogens is 2. The molecule has 0 atom stereocenters. The molecule has 0 radical (unpaired) electrons. The van der Waals surface area contributed by atoms with Gasteiger partial charge < -0.3 is 4.98 Å². The number of nitrogens with one attached hydrogen (secondary N) is 1. The predicted molar refractivity (Wildman–Crippen MR) is 81.8 cm³/mol. The molecular weight excluding hydrogens is 328 g/mol. The van der Waals surface area contributed by atoms with E-state index in [1.54, 1.807) is 6.07 Å². The number of rotatable bonds is 2. The van der Waals surface area contributed by atoms with Crippen molar-refractivity contribution in [3.63, 3.8) is 0 Å². The Labute approximate surface area is 125 Å². The van der Waals surface area contributed by atoms with Gasteiger partial charge in [-0.1, -0.05) is 31.5 Å². The highest BCUT2D eigenvalue weighted by molar-refractivity contribution is 9.10. The molecule has 3 nitrogen and oxygen atoms in total. The Balaban J connectivity index is 2.58. The zero-order valence-electron chi connectivity index (χ0n) is 10.9. The van der Waals surface area contributed by atoms with Crippen LogP contribution in [-0.4, -0.2) is 9.97 Å². The van der Waals surface area contributed by atoms with Crippen LogP contribution < -0.4 is 5.56 Å². The summed E-state index contributed by atoms with van der Waals surface area (Å²) in [5.74, 6) is 0.695. The number of H-pyrrole nitrogens is 1. The average Bonchev–Trinajstić information content (AvgIpc) is 2.31. The van der Waals surface area contributed by atoms with Crippen molar-refractivity contribution in [2.75, 3.05) is 0 Å². The van der Waals surface area contributed by atoms with E-state index in [0.717, 1.165) is 21.3 Å². The van der Waals surface area contributed by atoms with Gasteiger partial charge in [0.25, 0.3) is 5.56 Å². The fraction of sp³-hybridized carbons (Fsp3) is 0.286. The highest BCUT2D eigenvalue weighted by Gasteiger charge is 2.12. The van der Waals surface area contributed by atoms with Gasteiger partial charge in [-0.25, -0.2) is 4.98 Å². The normalized spacial score (nSPS) is 11.1. The summed E-state index contributed by atoms with van der Waals surface area (Å²) >= 11 is 9.40. The molecule has 0 aliphatic heterocycles. The van der Waals surface area contributed by atoms with Crippen LogP contribution in [0, 0.1) is 6.92 Å². The molecule has 2 aromatic rings. The first kappa shape index (κ1) is 14.3. The minimum Gasteiger partial charge on any atom is -0.306 e.